The fraction of sp³-hybridized carbons (Fsp3) is 0.419. The van der Waals surface area contributed by atoms with Crippen LogP contribution in [0, 0.1) is 23.0 Å². The van der Waals surface area contributed by atoms with Crippen LogP contribution in [0.15, 0.2) is 48.5 Å². The third-order valence-corrected chi connectivity index (χ3v) is 6.76. The molecule has 0 amide bonds. The molecule has 0 bridgehead atoms. The Kier molecular flexibility index (Phi) is 8.34. The summed E-state index contributed by atoms with van der Waals surface area (Å²) < 4.78 is 45.6. The van der Waals surface area contributed by atoms with E-state index >= 15 is 0 Å². The van der Waals surface area contributed by atoms with Crippen LogP contribution in [-0.4, -0.2) is 25.2 Å². The second-order valence-electron chi connectivity index (χ2n) is 11.1. The number of hydrogen-bond donors (Lipinski definition) is 0. The summed E-state index contributed by atoms with van der Waals surface area (Å²) in [6.07, 6.45) is 2.94. The molecule has 0 N–H and O–H groups in total. The van der Waals surface area contributed by atoms with Gasteiger partial charge in [-0.2, -0.15) is 0 Å². The molecule has 7 heteroatoms. The maximum absolute atomic E-state index is 14.8. The third-order valence-electron chi connectivity index (χ3n) is 6.76. The van der Waals surface area contributed by atoms with Crippen LogP contribution in [0.2, 0.25) is 0 Å². The van der Waals surface area contributed by atoms with Crippen molar-refractivity contribution in [1.82, 2.24) is 4.98 Å². The molecule has 1 heterocycles. The Morgan fingerprint density at radius 2 is 1.74 bits per heavy atom. The van der Waals surface area contributed by atoms with E-state index in [0.717, 1.165) is 24.1 Å². The molecular formula is C31H35F2NO4. The number of pyridine rings is 1. The van der Waals surface area contributed by atoms with Gasteiger partial charge in [0.15, 0.2) is 11.6 Å². The van der Waals surface area contributed by atoms with Gasteiger partial charge in [0, 0.05) is 16.8 Å². The monoisotopic (exact) mass is 523 g/mol. The normalized spacial score (nSPS) is 14.2. The van der Waals surface area contributed by atoms with Gasteiger partial charge >= 0.3 is 5.97 Å². The van der Waals surface area contributed by atoms with Gasteiger partial charge in [0.05, 0.1) is 26.3 Å². The van der Waals surface area contributed by atoms with E-state index in [1.54, 1.807) is 37.4 Å². The van der Waals surface area contributed by atoms with Gasteiger partial charge in [-0.1, -0.05) is 32.9 Å². The largest absolute Gasteiger partial charge is 0.497 e. The SMILES string of the molecule is COC(=O)CC(c1ccc(F)c(OCc2ccc(-c3cc(OC)ccc3F)c(CC(C)(C)C)n2)c1)C1CC1. The van der Waals surface area contributed by atoms with E-state index in [1.807, 2.05) is 6.07 Å². The van der Waals surface area contributed by atoms with Crippen LogP contribution in [0.4, 0.5) is 8.78 Å². The van der Waals surface area contributed by atoms with E-state index in [4.69, 9.17) is 19.2 Å². The second kappa shape index (κ2) is 11.5. The topological polar surface area (TPSA) is 57.7 Å². The number of hydrogen-bond acceptors (Lipinski definition) is 5. The summed E-state index contributed by atoms with van der Waals surface area (Å²) in [4.78, 5) is 16.7. The number of benzene rings is 2. The molecule has 4 rings (SSSR count). The zero-order valence-electron chi connectivity index (χ0n) is 22.6. The lowest BCUT2D eigenvalue weighted by atomic mass is 9.87. The van der Waals surface area contributed by atoms with Crippen molar-refractivity contribution in [2.24, 2.45) is 11.3 Å². The zero-order valence-corrected chi connectivity index (χ0v) is 22.6. The van der Waals surface area contributed by atoms with E-state index in [1.165, 1.54) is 19.2 Å². The number of rotatable bonds is 10. The number of halogens is 2. The number of methoxy groups -OCH3 is 2. The van der Waals surface area contributed by atoms with Crippen molar-refractivity contribution >= 4 is 5.97 Å². The van der Waals surface area contributed by atoms with E-state index in [2.05, 4.69) is 20.8 Å². The van der Waals surface area contributed by atoms with E-state index in [-0.39, 0.29) is 41.9 Å². The predicted molar refractivity (Wildman–Crippen MR) is 142 cm³/mol. The highest BCUT2D eigenvalue weighted by Gasteiger charge is 2.34. The van der Waals surface area contributed by atoms with Crippen molar-refractivity contribution in [1.29, 1.82) is 0 Å². The average molecular weight is 524 g/mol. The van der Waals surface area contributed by atoms with Crippen LogP contribution in [0.1, 0.15) is 62.9 Å². The van der Waals surface area contributed by atoms with Crippen LogP contribution < -0.4 is 9.47 Å². The lowest BCUT2D eigenvalue weighted by Crippen LogP contribution is -2.13. The van der Waals surface area contributed by atoms with Crippen molar-refractivity contribution in [3.63, 3.8) is 0 Å². The molecule has 1 fully saturated rings. The van der Waals surface area contributed by atoms with Gasteiger partial charge in [0.2, 0.25) is 0 Å². The number of carbonyl (C=O) groups is 1. The number of esters is 1. The second-order valence-corrected chi connectivity index (χ2v) is 11.1. The van der Waals surface area contributed by atoms with Crippen LogP contribution in [-0.2, 0) is 22.6 Å². The minimum Gasteiger partial charge on any atom is -0.497 e. The Morgan fingerprint density at radius 3 is 2.39 bits per heavy atom. The molecule has 2 aromatic carbocycles. The summed E-state index contributed by atoms with van der Waals surface area (Å²) in [6, 6.07) is 13.0. The highest BCUT2D eigenvalue weighted by molar-refractivity contribution is 5.70. The maximum Gasteiger partial charge on any atom is 0.306 e. The minimum absolute atomic E-state index is 0.0287. The number of ether oxygens (including phenoxy) is 3. The van der Waals surface area contributed by atoms with Crippen LogP contribution >= 0.6 is 0 Å². The fourth-order valence-electron chi connectivity index (χ4n) is 4.68. The molecule has 1 aliphatic rings. The number of carbonyl (C=O) groups excluding carboxylic acids is 1. The Hall–Kier alpha value is -3.48. The van der Waals surface area contributed by atoms with Crippen molar-refractivity contribution in [3.8, 4) is 22.6 Å². The van der Waals surface area contributed by atoms with Crippen LogP contribution in [0.3, 0.4) is 0 Å². The molecule has 1 aliphatic carbocycles. The molecule has 1 atom stereocenters. The Balaban J connectivity index is 1.60. The molecule has 1 aromatic heterocycles. The summed E-state index contributed by atoms with van der Waals surface area (Å²) >= 11 is 0. The lowest BCUT2D eigenvalue weighted by Gasteiger charge is -2.21. The molecule has 3 aromatic rings. The molecule has 38 heavy (non-hydrogen) atoms. The van der Waals surface area contributed by atoms with Gasteiger partial charge < -0.3 is 14.2 Å². The molecule has 1 unspecified atom stereocenters. The molecule has 1 saturated carbocycles. The highest BCUT2D eigenvalue weighted by Crippen LogP contribution is 2.45. The average Bonchev–Trinajstić information content (AvgIpc) is 3.72. The Bertz CT molecular complexity index is 1300. The van der Waals surface area contributed by atoms with Crippen LogP contribution in [0.25, 0.3) is 11.1 Å². The summed E-state index contributed by atoms with van der Waals surface area (Å²) in [6.45, 7) is 6.32. The van der Waals surface area contributed by atoms with Crippen molar-refractivity contribution in [2.45, 2.75) is 59.0 Å². The summed E-state index contributed by atoms with van der Waals surface area (Å²) in [5, 5.41) is 0. The first-order chi connectivity index (χ1) is 18.1. The molecule has 0 radical (unpaired) electrons. The molecule has 202 valence electrons. The quantitative estimate of drug-likeness (QED) is 0.262. The first-order valence-corrected chi connectivity index (χ1v) is 12.9. The summed E-state index contributed by atoms with van der Waals surface area (Å²) in [5.74, 6) is -0.0915. The van der Waals surface area contributed by atoms with E-state index in [9.17, 15) is 13.6 Å². The van der Waals surface area contributed by atoms with Crippen molar-refractivity contribution in [3.05, 3.63) is 77.1 Å². The van der Waals surface area contributed by atoms with Gasteiger partial charge in [0.25, 0.3) is 0 Å². The van der Waals surface area contributed by atoms with Gasteiger partial charge in [-0.05, 0) is 78.5 Å². The smallest absolute Gasteiger partial charge is 0.306 e. The van der Waals surface area contributed by atoms with Gasteiger partial charge in [-0.15, -0.1) is 0 Å². The standard InChI is InChI=1S/C31H35F2NO4/c1-31(2,3)17-28-23(25-15-22(36-4)10-13-26(25)32)11-9-21(34-28)18-38-29-14-20(8-12-27(29)33)24(19-6-7-19)16-30(35)37-5/h8-15,19,24H,6-7,16-18H2,1-5H3. The molecule has 0 spiro atoms. The number of aromatic nitrogens is 1. The van der Waals surface area contributed by atoms with E-state index in [0.29, 0.717) is 34.9 Å². The minimum atomic E-state index is -0.480. The number of nitrogens with zero attached hydrogens (tertiary/aromatic N) is 1. The summed E-state index contributed by atoms with van der Waals surface area (Å²) in [5.41, 5.74) is 3.19. The van der Waals surface area contributed by atoms with E-state index < -0.39 is 5.82 Å². The summed E-state index contributed by atoms with van der Waals surface area (Å²) in [7, 11) is 2.92. The molecule has 0 aliphatic heterocycles. The first-order valence-electron chi connectivity index (χ1n) is 12.9. The maximum atomic E-state index is 14.8. The predicted octanol–water partition coefficient (Wildman–Crippen LogP) is 7.26. The fourth-order valence-corrected chi connectivity index (χ4v) is 4.68. The van der Waals surface area contributed by atoms with Crippen molar-refractivity contribution in [2.75, 3.05) is 14.2 Å². The van der Waals surface area contributed by atoms with Gasteiger partial charge in [0.1, 0.15) is 18.2 Å². The Labute approximate surface area is 223 Å². The molecule has 0 saturated heterocycles. The first kappa shape index (κ1) is 27.6. The highest BCUT2D eigenvalue weighted by atomic mass is 19.1. The van der Waals surface area contributed by atoms with Gasteiger partial charge in [-0.3, -0.25) is 9.78 Å². The molecule has 5 nitrogen and oxygen atoms in total. The van der Waals surface area contributed by atoms with Crippen molar-refractivity contribution < 1.29 is 27.8 Å². The lowest BCUT2D eigenvalue weighted by molar-refractivity contribution is -0.141. The third kappa shape index (κ3) is 6.88. The van der Waals surface area contributed by atoms with Crippen LogP contribution in [0.5, 0.6) is 11.5 Å². The zero-order chi connectivity index (χ0) is 27.4. The molecular weight excluding hydrogens is 488 g/mol. The van der Waals surface area contributed by atoms with Gasteiger partial charge in [-0.25, -0.2) is 8.78 Å². The Morgan fingerprint density at radius 1 is 1.00 bits per heavy atom.